The Morgan fingerprint density at radius 1 is 1.17 bits per heavy atom. The molecule has 1 aromatic rings. The average molecular weight is 335 g/mol. The fourth-order valence-corrected chi connectivity index (χ4v) is 3.13. The first kappa shape index (κ1) is 18.1. The number of amides is 1. The van der Waals surface area contributed by atoms with Gasteiger partial charge in [0.25, 0.3) is 0 Å². The fraction of sp³-hybridized carbons (Fsp3) is 0.556. The second kappa shape index (κ2) is 7.11. The van der Waals surface area contributed by atoms with E-state index in [0.29, 0.717) is 5.92 Å². The molecule has 0 spiro atoms. The lowest BCUT2D eigenvalue weighted by atomic mass is 9.72. The summed E-state index contributed by atoms with van der Waals surface area (Å²) in [5, 5.41) is 21.0. The first-order chi connectivity index (χ1) is 11.2. The lowest BCUT2D eigenvalue weighted by Gasteiger charge is -2.36. The zero-order chi connectivity index (χ0) is 17.9. The van der Waals surface area contributed by atoms with Crippen LogP contribution in [0.25, 0.3) is 0 Å². The molecule has 1 aliphatic rings. The number of nitrogens with one attached hydrogen (secondary N) is 1. The molecule has 6 heteroatoms. The summed E-state index contributed by atoms with van der Waals surface area (Å²) >= 11 is 0. The van der Waals surface area contributed by atoms with E-state index >= 15 is 0 Å². The maximum absolute atomic E-state index is 12.0. The van der Waals surface area contributed by atoms with Gasteiger partial charge in [-0.1, -0.05) is 20.8 Å². The maximum Gasteiger partial charge on any atom is 0.411 e. The van der Waals surface area contributed by atoms with Crippen molar-refractivity contribution < 1.29 is 24.5 Å². The molecule has 1 amide bonds. The number of ether oxygens (including phenoxy) is 1. The van der Waals surface area contributed by atoms with Crippen LogP contribution in [0.15, 0.2) is 18.2 Å². The number of aromatic carboxylic acids is 1. The zero-order valence-corrected chi connectivity index (χ0v) is 14.3. The van der Waals surface area contributed by atoms with E-state index in [1.54, 1.807) is 0 Å². The predicted molar refractivity (Wildman–Crippen MR) is 90.4 cm³/mol. The Morgan fingerprint density at radius 3 is 2.33 bits per heavy atom. The molecular formula is C18H25NO5. The molecule has 1 aliphatic carbocycles. The van der Waals surface area contributed by atoms with Gasteiger partial charge in [-0.05, 0) is 55.2 Å². The molecule has 1 fully saturated rings. The molecule has 1 saturated carbocycles. The first-order valence-corrected chi connectivity index (χ1v) is 8.20. The second-order valence-electron chi connectivity index (χ2n) is 7.41. The highest BCUT2D eigenvalue weighted by Crippen LogP contribution is 2.38. The third kappa shape index (κ3) is 4.63. The number of carbonyl (C=O) groups excluding carboxylic acids is 1. The molecule has 0 aromatic heterocycles. The van der Waals surface area contributed by atoms with Crippen molar-refractivity contribution in [1.82, 2.24) is 0 Å². The SMILES string of the molecule is CC(C)(C)C1CCC(OC(=O)Nc2ccc(O)c(C(=O)O)c2)CC1. The molecule has 0 heterocycles. The van der Waals surface area contributed by atoms with Crippen LogP contribution >= 0.6 is 0 Å². The zero-order valence-electron chi connectivity index (χ0n) is 14.3. The molecule has 3 N–H and O–H groups in total. The molecule has 0 saturated heterocycles. The van der Waals surface area contributed by atoms with E-state index in [1.165, 1.54) is 18.2 Å². The van der Waals surface area contributed by atoms with Crippen molar-refractivity contribution in [2.75, 3.05) is 5.32 Å². The predicted octanol–water partition coefficient (Wildman–Crippen LogP) is 4.24. The molecule has 2 rings (SSSR count). The van der Waals surface area contributed by atoms with Crippen LogP contribution < -0.4 is 5.32 Å². The monoisotopic (exact) mass is 335 g/mol. The number of rotatable bonds is 3. The highest BCUT2D eigenvalue weighted by Gasteiger charge is 2.31. The Labute approximate surface area is 141 Å². The van der Waals surface area contributed by atoms with Gasteiger partial charge in [0.05, 0.1) is 0 Å². The number of hydrogen-bond acceptors (Lipinski definition) is 4. The molecule has 1 aromatic carbocycles. The topological polar surface area (TPSA) is 95.9 Å². The van der Waals surface area contributed by atoms with E-state index in [4.69, 9.17) is 9.84 Å². The normalized spacial score (nSPS) is 21.1. The summed E-state index contributed by atoms with van der Waals surface area (Å²) in [5.41, 5.74) is 0.282. The van der Waals surface area contributed by atoms with Crippen LogP contribution in [-0.2, 0) is 4.74 Å². The first-order valence-electron chi connectivity index (χ1n) is 8.20. The third-order valence-electron chi connectivity index (χ3n) is 4.65. The summed E-state index contributed by atoms with van der Waals surface area (Å²) in [6, 6.07) is 3.86. The van der Waals surface area contributed by atoms with E-state index < -0.39 is 12.1 Å². The smallest absolute Gasteiger partial charge is 0.411 e. The standard InChI is InChI=1S/C18H25NO5/c1-18(2,3)11-4-7-13(8-5-11)24-17(23)19-12-6-9-15(20)14(10-12)16(21)22/h6,9-11,13,20H,4-5,7-8H2,1-3H3,(H,19,23)(H,21,22). The Hall–Kier alpha value is -2.24. The van der Waals surface area contributed by atoms with Crippen molar-refractivity contribution in [1.29, 1.82) is 0 Å². The van der Waals surface area contributed by atoms with Crippen LogP contribution in [0.2, 0.25) is 0 Å². The molecule has 0 unspecified atom stereocenters. The number of anilines is 1. The van der Waals surface area contributed by atoms with Crippen molar-refractivity contribution in [2.24, 2.45) is 11.3 Å². The van der Waals surface area contributed by atoms with Gasteiger partial charge >= 0.3 is 12.1 Å². The average Bonchev–Trinajstić information content (AvgIpc) is 2.48. The second-order valence-corrected chi connectivity index (χ2v) is 7.41. The van der Waals surface area contributed by atoms with Crippen LogP contribution in [0.5, 0.6) is 5.75 Å². The quantitative estimate of drug-likeness (QED) is 0.718. The summed E-state index contributed by atoms with van der Waals surface area (Å²) in [6.45, 7) is 6.70. The molecular weight excluding hydrogens is 310 g/mol. The van der Waals surface area contributed by atoms with E-state index in [2.05, 4.69) is 26.1 Å². The van der Waals surface area contributed by atoms with Gasteiger partial charge in [-0.15, -0.1) is 0 Å². The van der Waals surface area contributed by atoms with Crippen LogP contribution in [0.1, 0.15) is 56.8 Å². The van der Waals surface area contributed by atoms with E-state index in [9.17, 15) is 14.7 Å². The van der Waals surface area contributed by atoms with Crippen molar-refractivity contribution in [3.05, 3.63) is 23.8 Å². The van der Waals surface area contributed by atoms with Crippen LogP contribution in [-0.4, -0.2) is 28.4 Å². The molecule has 0 aliphatic heterocycles. The minimum absolute atomic E-state index is 0.111. The van der Waals surface area contributed by atoms with Gasteiger partial charge < -0.3 is 14.9 Å². The summed E-state index contributed by atoms with van der Waals surface area (Å²) < 4.78 is 5.43. The van der Waals surface area contributed by atoms with E-state index in [1.807, 2.05) is 0 Å². The molecule has 0 radical (unpaired) electrons. The van der Waals surface area contributed by atoms with Gasteiger partial charge in [-0.3, -0.25) is 5.32 Å². The number of hydrogen-bond donors (Lipinski definition) is 3. The van der Waals surface area contributed by atoms with Gasteiger partial charge in [-0.2, -0.15) is 0 Å². The van der Waals surface area contributed by atoms with Crippen LogP contribution in [0.3, 0.4) is 0 Å². The van der Waals surface area contributed by atoms with Crippen molar-refractivity contribution >= 4 is 17.7 Å². The van der Waals surface area contributed by atoms with Crippen LogP contribution in [0, 0.1) is 11.3 Å². The van der Waals surface area contributed by atoms with Gasteiger partial charge in [0, 0.05) is 5.69 Å². The van der Waals surface area contributed by atoms with Gasteiger partial charge in [0.15, 0.2) is 0 Å². The fourth-order valence-electron chi connectivity index (χ4n) is 3.13. The number of aromatic hydroxyl groups is 1. The van der Waals surface area contributed by atoms with Crippen LogP contribution in [0.4, 0.5) is 10.5 Å². The lowest BCUT2D eigenvalue weighted by molar-refractivity contribution is 0.0527. The molecule has 132 valence electrons. The number of carboxylic acids is 1. The number of phenols is 1. The third-order valence-corrected chi connectivity index (χ3v) is 4.65. The molecule has 0 atom stereocenters. The minimum atomic E-state index is -1.26. The van der Waals surface area contributed by atoms with Gasteiger partial charge in [-0.25, -0.2) is 9.59 Å². The van der Waals surface area contributed by atoms with Crippen molar-refractivity contribution in [3.63, 3.8) is 0 Å². The lowest BCUT2D eigenvalue weighted by Crippen LogP contribution is -2.31. The Bertz CT molecular complexity index is 612. The van der Waals surface area contributed by atoms with Crippen molar-refractivity contribution in [2.45, 2.75) is 52.6 Å². The maximum atomic E-state index is 12.0. The summed E-state index contributed by atoms with van der Waals surface area (Å²) in [5.74, 6) is -0.970. The Balaban J connectivity index is 1.88. The largest absolute Gasteiger partial charge is 0.507 e. The molecule has 0 bridgehead atoms. The Morgan fingerprint density at radius 2 is 1.79 bits per heavy atom. The molecule has 6 nitrogen and oxygen atoms in total. The van der Waals surface area contributed by atoms with E-state index in [-0.39, 0.29) is 28.5 Å². The highest BCUT2D eigenvalue weighted by atomic mass is 16.6. The number of carbonyl (C=O) groups is 2. The summed E-state index contributed by atoms with van der Waals surface area (Å²) in [7, 11) is 0. The molecule has 24 heavy (non-hydrogen) atoms. The number of carboxylic acid groups (broad SMARTS) is 1. The Kier molecular flexibility index (Phi) is 5.36. The minimum Gasteiger partial charge on any atom is -0.507 e. The van der Waals surface area contributed by atoms with E-state index in [0.717, 1.165) is 25.7 Å². The highest BCUT2D eigenvalue weighted by molar-refractivity contribution is 5.93. The summed E-state index contributed by atoms with van der Waals surface area (Å²) in [4.78, 5) is 23.0. The van der Waals surface area contributed by atoms with Gasteiger partial charge in [0.1, 0.15) is 17.4 Å². The number of benzene rings is 1. The van der Waals surface area contributed by atoms with Gasteiger partial charge in [0.2, 0.25) is 0 Å². The summed E-state index contributed by atoms with van der Waals surface area (Å²) in [6.07, 6.45) is 3.03. The van der Waals surface area contributed by atoms with Crippen molar-refractivity contribution in [3.8, 4) is 5.75 Å².